The van der Waals surface area contributed by atoms with Crippen LogP contribution in [-0.2, 0) is 51.3 Å². The van der Waals surface area contributed by atoms with Crippen LogP contribution in [0, 0.1) is 11.8 Å². The standard InChI is InChI=1S/C46H60N2O12/c1-27(49)55-41-16-10-31(18-43(41)57-29(3)51)25-47(5)35-12-13-36(47)22-39(21-35)59-45(53)33-8-7-9-34(20-33)46(54)60-40-23-37-14-15-38(24-40)48(37,6)26-32-11-17-42(56-28(2)50)44(19-32)58-30(4)52/h10-11,16-19,33-40H,7-9,12-15,20-26H2,1-6H3/q+2/t33?,34?,35-,36+,37-,38+,39?,40?,47?,48?. The summed E-state index contributed by atoms with van der Waals surface area (Å²) in [5, 5.41) is 0. The first-order valence-corrected chi connectivity index (χ1v) is 21.6. The summed E-state index contributed by atoms with van der Waals surface area (Å²) < 4.78 is 35.4. The zero-order valence-electron chi connectivity index (χ0n) is 35.8. The monoisotopic (exact) mass is 832 g/mol. The van der Waals surface area contributed by atoms with Crippen LogP contribution in [0.4, 0.5) is 0 Å². The van der Waals surface area contributed by atoms with Gasteiger partial charge in [-0.1, -0.05) is 6.42 Å². The number of quaternary nitrogens is 2. The van der Waals surface area contributed by atoms with Gasteiger partial charge in [-0.3, -0.25) is 28.8 Å². The van der Waals surface area contributed by atoms with Crippen molar-refractivity contribution in [1.29, 1.82) is 0 Å². The number of hydrogen-bond donors (Lipinski definition) is 0. The van der Waals surface area contributed by atoms with Crippen molar-refractivity contribution in [2.24, 2.45) is 11.8 Å². The number of ether oxygens (including phenoxy) is 6. The minimum absolute atomic E-state index is 0.179. The lowest BCUT2D eigenvalue weighted by molar-refractivity contribution is -0.961. The predicted molar refractivity (Wildman–Crippen MR) is 215 cm³/mol. The molecule has 5 aliphatic rings. The summed E-state index contributed by atoms with van der Waals surface area (Å²) >= 11 is 0. The highest BCUT2D eigenvalue weighted by Gasteiger charge is 2.54. The molecule has 0 aromatic heterocycles. The number of benzene rings is 2. The van der Waals surface area contributed by atoms with E-state index in [1.54, 1.807) is 24.3 Å². The second kappa shape index (κ2) is 17.6. The fourth-order valence-electron chi connectivity index (χ4n) is 11.3. The summed E-state index contributed by atoms with van der Waals surface area (Å²) in [6.07, 6.45) is 9.39. The minimum Gasteiger partial charge on any atom is -0.462 e. The maximum absolute atomic E-state index is 13.7. The molecule has 0 N–H and O–H groups in total. The number of carbonyl (C=O) groups is 6. The Morgan fingerprint density at radius 3 is 1.15 bits per heavy atom. The van der Waals surface area contributed by atoms with E-state index < -0.39 is 23.9 Å². The molecular weight excluding hydrogens is 773 g/mol. The molecule has 5 fully saturated rings. The van der Waals surface area contributed by atoms with Crippen LogP contribution >= 0.6 is 0 Å². The summed E-state index contributed by atoms with van der Waals surface area (Å²) in [5.74, 6) is -2.22. The quantitative estimate of drug-likeness (QED) is 0.135. The SMILES string of the molecule is CC(=O)Oc1ccc(C[N+]2(C)[C@@H]3CC[C@H]2CC(OC(=O)C2CCCC(C(=O)OC4C[C@H]5CC[C@@H](C4)[N+]5(C)Cc4ccc(OC(C)=O)c(OC(C)=O)c4)C2)C3)cc1OC(C)=O. The van der Waals surface area contributed by atoms with Crippen molar-refractivity contribution >= 4 is 35.8 Å². The first-order valence-electron chi connectivity index (χ1n) is 21.6. The number of carbonyl (C=O) groups excluding carboxylic acids is 6. The zero-order valence-corrected chi connectivity index (χ0v) is 35.8. The molecule has 4 heterocycles. The predicted octanol–water partition coefficient (Wildman–Crippen LogP) is 6.26. The van der Waals surface area contributed by atoms with Crippen molar-refractivity contribution in [3.05, 3.63) is 47.5 Å². The Kier molecular flexibility index (Phi) is 12.7. The van der Waals surface area contributed by atoms with Crippen LogP contribution < -0.4 is 18.9 Å². The molecule has 0 radical (unpaired) electrons. The molecular formula is C46H60N2O12+2. The van der Waals surface area contributed by atoms with Crippen molar-refractivity contribution in [3.8, 4) is 23.0 Å². The highest BCUT2D eigenvalue weighted by Crippen LogP contribution is 2.46. The smallest absolute Gasteiger partial charge is 0.309 e. The van der Waals surface area contributed by atoms with Crippen LogP contribution in [0.5, 0.6) is 23.0 Å². The third-order valence-electron chi connectivity index (χ3n) is 14.1. The highest BCUT2D eigenvalue weighted by atomic mass is 16.6. The Hall–Kier alpha value is -4.82. The highest BCUT2D eigenvalue weighted by molar-refractivity contribution is 5.77. The second-order valence-corrected chi connectivity index (χ2v) is 18.3. The van der Waals surface area contributed by atoms with Gasteiger partial charge >= 0.3 is 35.8 Å². The first kappa shape index (κ1) is 43.3. The molecule has 1 saturated carbocycles. The van der Waals surface area contributed by atoms with Gasteiger partial charge in [0.05, 0.1) is 50.1 Å². The lowest BCUT2D eigenvalue weighted by Crippen LogP contribution is -2.58. The molecule has 0 amide bonds. The lowest BCUT2D eigenvalue weighted by Gasteiger charge is -2.47. The van der Waals surface area contributed by atoms with E-state index in [2.05, 4.69) is 14.1 Å². The van der Waals surface area contributed by atoms with Gasteiger partial charge in [0.15, 0.2) is 23.0 Å². The van der Waals surface area contributed by atoms with Gasteiger partial charge in [0.25, 0.3) is 0 Å². The lowest BCUT2D eigenvalue weighted by atomic mass is 9.81. The van der Waals surface area contributed by atoms with Gasteiger partial charge in [0, 0.05) is 90.2 Å². The van der Waals surface area contributed by atoms with E-state index >= 15 is 0 Å². The van der Waals surface area contributed by atoms with Gasteiger partial charge < -0.3 is 37.4 Å². The molecule has 324 valence electrons. The molecule has 60 heavy (non-hydrogen) atoms. The number of piperidine rings is 2. The number of nitrogens with zero attached hydrogens (tertiary/aromatic N) is 2. The van der Waals surface area contributed by atoms with E-state index in [-0.39, 0.29) is 59.0 Å². The van der Waals surface area contributed by atoms with Crippen molar-refractivity contribution in [2.45, 2.75) is 154 Å². The average Bonchev–Trinajstić information content (AvgIpc) is 3.40. The maximum Gasteiger partial charge on any atom is 0.309 e. The average molecular weight is 833 g/mol. The molecule has 4 bridgehead atoms. The molecule has 14 heteroatoms. The molecule has 14 nitrogen and oxygen atoms in total. The molecule has 7 rings (SSSR count). The molecule has 4 aliphatic heterocycles. The Morgan fingerprint density at radius 1 is 0.483 bits per heavy atom. The van der Waals surface area contributed by atoms with Crippen LogP contribution in [-0.4, -0.2) is 95.3 Å². The van der Waals surface area contributed by atoms with E-state index in [1.165, 1.54) is 27.7 Å². The van der Waals surface area contributed by atoms with E-state index in [4.69, 9.17) is 28.4 Å². The van der Waals surface area contributed by atoms with Gasteiger partial charge in [0.1, 0.15) is 25.3 Å². The number of rotatable bonds is 12. The Morgan fingerprint density at radius 2 is 0.817 bits per heavy atom. The van der Waals surface area contributed by atoms with Crippen LogP contribution in [0.1, 0.15) is 116 Å². The number of hydrogen-bond acceptors (Lipinski definition) is 12. The molecule has 0 spiro atoms. The topological polar surface area (TPSA) is 158 Å². The fourth-order valence-corrected chi connectivity index (χ4v) is 11.3. The van der Waals surface area contributed by atoms with E-state index in [0.29, 0.717) is 56.5 Å². The molecule has 2 aromatic carbocycles. The van der Waals surface area contributed by atoms with E-state index in [9.17, 15) is 28.8 Å². The zero-order chi connectivity index (χ0) is 42.9. The fraction of sp³-hybridized carbons (Fsp3) is 0.609. The summed E-state index contributed by atoms with van der Waals surface area (Å²) in [6, 6.07) is 11.9. The maximum atomic E-state index is 13.7. The van der Waals surface area contributed by atoms with Crippen molar-refractivity contribution < 1.29 is 66.2 Å². The Labute approximate surface area is 351 Å². The molecule has 10 atom stereocenters. The first-order chi connectivity index (χ1) is 28.5. The minimum atomic E-state index is -0.497. The van der Waals surface area contributed by atoms with Gasteiger partial charge in [-0.15, -0.1) is 0 Å². The van der Waals surface area contributed by atoms with Gasteiger partial charge in [-0.25, -0.2) is 0 Å². The molecule has 2 aromatic rings. The van der Waals surface area contributed by atoms with Crippen molar-refractivity contribution in [3.63, 3.8) is 0 Å². The normalized spacial score (nSPS) is 31.7. The second-order valence-electron chi connectivity index (χ2n) is 18.3. The third kappa shape index (κ3) is 9.54. The van der Waals surface area contributed by atoms with Crippen molar-refractivity contribution in [2.75, 3.05) is 14.1 Å². The Bertz CT molecular complexity index is 1850. The van der Waals surface area contributed by atoms with Crippen LogP contribution in [0.15, 0.2) is 36.4 Å². The van der Waals surface area contributed by atoms with E-state index in [0.717, 1.165) is 77.9 Å². The number of fused-ring (bicyclic) bond motifs is 4. The summed E-state index contributed by atoms with van der Waals surface area (Å²) in [7, 11) is 4.49. The largest absolute Gasteiger partial charge is 0.462 e. The van der Waals surface area contributed by atoms with Crippen LogP contribution in [0.2, 0.25) is 0 Å². The van der Waals surface area contributed by atoms with Gasteiger partial charge in [0.2, 0.25) is 0 Å². The summed E-state index contributed by atoms with van der Waals surface area (Å²) in [6.45, 7) is 6.62. The molecule has 4 saturated heterocycles. The molecule has 6 unspecified atom stereocenters. The van der Waals surface area contributed by atoms with Crippen LogP contribution in [0.3, 0.4) is 0 Å². The summed E-state index contributed by atoms with van der Waals surface area (Å²) in [5.41, 5.74) is 1.93. The third-order valence-corrected chi connectivity index (χ3v) is 14.1. The van der Waals surface area contributed by atoms with Gasteiger partial charge in [-0.2, -0.15) is 0 Å². The summed E-state index contributed by atoms with van der Waals surface area (Å²) in [4.78, 5) is 74.2. The van der Waals surface area contributed by atoms with Crippen molar-refractivity contribution in [1.82, 2.24) is 0 Å². The van der Waals surface area contributed by atoms with E-state index in [1.807, 2.05) is 12.1 Å². The Balaban J connectivity index is 0.910. The van der Waals surface area contributed by atoms with Gasteiger partial charge in [-0.05, 0) is 55.7 Å². The number of esters is 6. The molecule has 1 aliphatic carbocycles. The van der Waals surface area contributed by atoms with Crippen LogP contribution in [0.25, 0.3) is 0 Å².